The smallest absolute Gasteiger partial charge is 0.253 e. The van der Waals surface area contributed by atoms with E-state index < -0.39 is 0 Å². The van der Waals surface area contributed by atoms with Crippen LogP contribution in [0.3, 0.4) is 0 Å². The molecule has 0 N–H and O–H groups in total. The predicted molar refractivity (Wildman–Crippen MR) is 125 cm³/mol. The van der Waals surface area contributed by atoms with Crippen LogP contribution in [-0.4, -0.2) is 46.7 Å². The molecule has 1 aromatic heterocycles. The fraction of sp³-hybridized carbons (Fsp3) is 0.296. The number of pyridine rings is 1. The fourth-order valence-electron chi connectivity index (χ4n) is 4.49. The van der Waals surface area contributed by atoms with Gasteiger partial charge in [0.2, 0.25) is 5.91 Å². The van der Waals surface area contributed by atoms with E-state index in [2.05, 4.69) is 4.98 Å². The number of rotatable bonds is 5. The molecule has 0 bridgehead atoms. The van der Waals surface area contributed by atoms with E-state index >= 15 is 0 Å². The Bertz CT molecular complexity index is 1060. The van der Waals surface area contributed by atoms with Gasteiger partial charge in [-0.2, -0.15) is 0 Å². The first-order valence-electron chi connectivity index (χ1n) is 11.1. The van der Waals surface area contributed by atoms with E-state index in [1.54, 1.807) is 6.20 Å². The number of likely N-dealkylation sites (tertiary alicyclic amines) is 1. The van der Waals surface area contributed by atoms with Gasteiger partial charge in [0.1, 0.15) is 0 Å². The second kappa shape index (κ2) is 9.77. The molecule has 0 aliphatic carbocycles. The third kappa shape index (κ3) is 4.57. The monoisotopic (exact) mass is 427 g/mol. The number of carbonyl (C=O) groups is 2. The fourth-order valence-corrected chi connectivity index (χ4v) is 4.49. The van der Waals surface area contributed by atoms with Gasteiger partial charge in [-0.3, -0.25) is 14.6 Å². The predicted octanol–water partition coefficient (Wildman–Crippen LogP) is 4.49. The number of hydrogen-bond acceptors (Lipinski definition) is 3. The van der Waals surface area contributed by atoms with E-state index in [0.717, 1.165) is 16.8 Å². The van der Waals surface area contributed by atoms with Crippen LogP contribution in [0.4, 0.5) is 0 Å². The summed E-state index contributed by atoms with van der Waals surface area (Å²) in [6, 6.07) is 23.1. The largest absolute Gasteiger partial charge is 0.339 e. The Morgan fingerprint density at radius 1 is 0.938 bits per heavy atom. The summed E-state index contributed by atoms with van der Waals surface area (Å²) in [5.74, 6) is 0.0434. The summed E-state index contributed by atoms with van der Waals surface area (Å²) in [6.07, 6.45) is 3.12. The molecule has 1 saturated heterocycles. The average Bonchev–Trinajstić information content (AvgIpc) is 2.85. The van der Waals surface area contributed by atoms with Crippen LogP contribution in [0.2, 0.25) is 0 Å². The third-order valence-corrected chi connectivity index (χ3v) is 6.31. The van der Waals surface area contributed by atoms with Crippen molar-refractivity contribution >= 4 is 11.8 Å². The van der Waals surface area contributed by atoms with Crippen LogP contribution in [0.15, 0.2) is 79.0 Å². The highest BCUT2D eigenvalue weighted by atomic mass is 16.2. The van der Waals surface area contributed by atoms with Crippen LogP contribution in [0.5, 0.6) is 0 Å². The van der Waals surface area contributed by atoms with Crippen LogP contribution >= 0.6 is 0 Å². The van der Waals surface area contributed by atoms with Crippen molar-refractivity contribution in [3.05, 3.63) is 101 Å². The lowest BCUT2D eigenvalue weighted by Crippen LogP contribution is -2.44. The van der Waals surface area contributed by atoms with Crippen molar-refractivity contribution in [2.24, 2.45) is 5.92 Å². The van der Waals surface area contributed by atoms with Gasteiger partial charge in [0.15, 0.2) is 0 Å². The molecule has 0 radical (unpaired) electrons. The van der Waals surface area contributed by atoms with Gasteiger partial charge in [-0.1, -0.05) is 54.6 Å². The van der Waals surface area contributed by atoms with E-state index in [4.69, 9.17) is 0 Å². The molecule has 1 unspecified atom stereocenters. The van der Waals surface area contributed by atoms with Crippen LogP contribution < -0.4 is 0 Å². The number of carbonyl (C=O) groups excluding carboxylic acids is 2. The molecule has 2 aromatic carbocycles. The Morgan fingerprint density at radius 3 is 2.19 bits per heavy atom. The zero-order chi connectivity index (χ0) is 22.5. The van der Waals surface area contributed by atoms with E-state index in [1.807, 2.05) is 96.6 Å². The number of amides is 2. The zero-order valence-corrected chi connectivity index (χ0v) is 18.6. The molecule has 1 fully saturated rings. The molecular weight excluding hydrogens is 398 g/mol. The van der Waals surface area contributed by atoms with Gasteiger partial charge >= 0.3 is 0 Å². The lowest BCUT2D eigenvalue weighted by Gasteiger charge is -2.36. The molecule has 164 valence electrons. The first kappa shape index (κ1) is 21.8. The van der Waals surface area contributed by atoms with E-state index in [1.165, 1.54) is 0 Å². The summed E-state index contributed by atoms with van der Waals surface area (Å²) in [5.41, 5.74) is 3.70. The Balaban J connectivity index is 1.49. The van der Waals surface area contributed by atoms with Crippen LogP contribution in [0.1, 0.15) is 46.1 Å². The molecule has 1 atom stereocenters. The van der Waals surface area contributed by atoms with Gasteiger partial charge in [-0.25, -0.2) is 0 Å². The minimum absolute atomic E-state index is 0.0381. The van der Waals surface area contributed by atoms with Crippen LogP contribution in [0, 0.1) is 12.8 Å². The van der Waals surface area contributed by atoms with Gasteiger partial charge in [0, 0.05) is 37.8 Å². The minimum atomic E-state index is -0.242. The van der Waals surface area contributed by atoms with E-state index in [-0.39, 0.29) is 23.8 Å². The van der Waals surface area contributed by atoms with Gasteiger partial charge in [-0.15, -0.1) is 0 Å². The number of hydrogen-bond donors (Lipinski definition) is 0. The SMILES string of the molecule is Cc1cccnc1C(c1ccccc1)N(C)C(=O)C1CCN(C(=O)c2ccccc2)CC1. The average molecular weight is 428 g/mol. The zero-order valence-electron chi connectivity index (χ0n) is 18.6. The Labute approximate surface area is 189 Å². The summed E-state index contributed by atoms with van der Waals surface area (Å²) in [7, 11) is 1.87. The molecule has 0 saturated carbocycles. The molecule has 32 heavy (non-hydrogen) atoms. The van der Waals surface area contributed by atoms with Gasteiger partial charge in [0.05, 0.1) is 11.7 Å². The molecule has 2 amide bonds. The molecule has 5 nitrogen and oxygen atoms in total. The molecular formula is C27H29N3O2. The van der Waals surface area contributed by atoms with Crippen molar-refractivity contribution in [1.29, 1.82) is 0 Å². The molecule has 0 spiro atoms. The maximum atomic E-state index is 13.5. The molecule has 4 rings (SSSR count). The Hall–Kier alpha value is -3.47. The highest BCUT2D eigenvalue weighted by Crippen LogP contribution is 2.31. The summed E-state index contributed by atoms with van der Waals surface area (Å²) >= 11 is 0. The molecule has 1 aliphatic rings. The summed E-state index contributed by atoms with van der Waals surface area (Å²) < 4.78 is 0. The second-order valence-corrected chi connectivity index (χ2v) is 8.40. The van der Waals surface area contributed by atoms with Crippen molar-refractivity contribution in [2.45, 2.75) is 25.8 Å². The first-order chi connectivity index (χ1) is 15.6. The normalized spacial score (nSPS) is 15.2. The van der Waals surface area contributed by atoms with E-state index in [9.17, 15) is 9.59 Å². The molecule has 5 heteroatoms. The summed E-state index contributed by atoms with van der Waals surface area (Å²) in [4.78, 5) is 34.6. The number of nitrogens with zero attached hydrogens (tertiary/aromatic N) is 3. The second-order valence-electron chi connectivity index (χ2n) is 8.40. The van der Waals surface area contributed by atoms with Crippen molar-refractivity contribution < 1.29 is 9.59 Å². The number of aryl methyl sites for hydroxylation is 1. The quantitative estimate of drug-likeness (QED) is 0.603. The van der Waals surface area contributed by atoms with Crippen LogP contribution in [-0.2, 0) is 4.79 Å². The summed E-state index contributed by atoms with van der Waals surface area (Å²) in [6.45, 7) is 3.22. The number of aromatic nitrogens is 1. The molecule has 2 heterocycles. The third-order valence-electron chi connectivity index (χ3n) is 6.31. The number of piperidine rings is 1. The maximum absolute atomic E-state index is 13.5. The van der Waals surface area contributed by atoms with Gasteiger partial charge < -0.3 is 9.80 Å². The van der Waals surface area contributed by atoms with Gasteiger partial charge in [-0.05, 0) is 49.1 Å². The molecule has 1 aliphatic heterocycles. The molecule has 3 aromatic rings. The number of benzene rings is 2. The first-order valence-corrected chi connectivity index (χ1v) is 11.1. The van der Waals surface area contributed by atoms with Gasteiger partial charge in [0.25, 0.3) is 5.91 Å². The summed E-state index contributed by atoms with van der Waals surface area (Å²) in [5, 5.41) is 0. The highest BCUT2D eigenvalue weighted by Gasteiger charge is 2.33. The van der Waals surface area contributed by atoms with Crippen molar-refractivity contribution in [2.75, 3.05) is 20.1 Å². The van der Waals surface area contributed by atoms with Crippen molar-refractivity contribution in [3.8, 4) is 0 Å². The minimum Gasteiger partial charge on any atom is -0.339 e. The standard InChI is InChI=1S/C27H29N3O2/c1-20-10-9-17-28-24(20)25(21-11-5-3-6-12-21)29(2)26(31)23-15-18-30(19-16-23)27(32)22-13-7-4-8-14-22/h3-14,17,23,25H,15-16,18-19H2,1-2H3. The van der Waals surface area contributed by atoms with Crippen molar-refractivity contribution in [1.82, 2.24) is 14.8 Å². The van der Waals surface area contributed by atoms with E-state index in [0.29, 0.717) is 31.5 Å². The topological polar surface area (TPSA) is 53.5 Å². The Kier molecular flexibility index (Phi) is 6.64. The van der Waals surface area contributed by atoms with Crippen LogP contribution in [0.25, 0.3) is 0 Å². The lowest BCUT2D eigenvalue weighted by atomic mass is 9.92. The maximum Gasteiger partial charge on any atom is 0.253 e. The lowest BCUT2D eigenvalue weighted by molar-refractivity contribution is -0.137. The Morgan fingerprint density at radius 2 is 1.56 bits per heavy atom. The van der Waals surface area contributed by atoms with Crippen molar-refractivity contribution in [3.63, 3.8) is 0 Å². The highest BCUT2D eigenvalue weighted by molar-refractivity contribution is 5.94.